The Morgan fingerprint density at radius 3 is 2.81 bits per heavy atom. The average molecular weight is 418 g/mol. The molecule has 0 atom stereocenters. The van der Waals surface area contributed by atoms with Crippen LogP contribution in [0.2, 0.25) is 0 Å². The Balaban J connectivity index is 1.80. The molecule has 0 unspecified atom stereocenters. The van der Waals surface area contributed by atoms with Crippen LogP contribution in [0.3, 0.4) is 0 Å². The molecule has 0 radical (unpaired) electrons. The Labute approximate surface area is 142 Å². The number of aromatic nitrogens is 2. The maximum absolute atomic E-state index is 12.2. The second kappa shape index (κ2) is 6.52. The van der Waals surface area contributed by atoms with Gasteiger partial charge in [0.15, 0.2) is 0 Å². The summed E-state index contributed by atoms with van der Waals surface area (Å²) in [6, 6.07) is 6.16. The molecule has 4 nitrogen and oxygen atoms in total. The number of hydrogen-bond donors (Lipinski definition) is 0. The van der Waals surface area contributed by atoms with E-state index in [0.29, 0.717) is 18.8 Å². The molecule has 2 heterocycles. The maximum Gasteiger partial charge on any atom is 0.224 e. The summed E-state index contributed by atoms with van der Waals surface area (Å²) in [5, 5.41) is 0. The molecule has 112 valence electrons. The predicted octanol–water partition coefficient (Wildman–Crippen LogP) is 3.39. The first-order chi connectivity index (χ1) is 10.2. The van der Waals surface area contributed by atoms with Crippen LogP contribution in [0, 0.1) is 3.57 Å². The van der Waals surface area contributed by atoms with E-state index < -0.39 is 0 Å². The molecule has 6 heteroatoms. The Bertz CT molecular complexity index is 664. The normalized spacial score (nSPS) is 15.0. The molecule has 1 amide bonds. The molecule has 2 aromatic rings. The van der Waals surface area contributed by atoms with E-state index in [1.165, 1.54) is 0 Å². The van der Waals surface area contributed by atoms with Gasteiger partial charge in [-0.2, -0.15) is 0 Å². The van der Waals surface area contributed by atoms with Gasteiger partial charge in [-0.15, -0.1) is 11.6 Å². The van der Waals surface area contributed by atoms with E-state index in [0.717, 1.165) is 46.4 Å². The van der Waals surface area contributed by atoms with Gasteiger partial charge in [0.25, 0.3) is 0 Å². The van der Waals surface area contributed by atoms with Crippen LogP contribution in [0.15, 0.2) is 18.2 Å². The number of amides is 1. The van der Waals surface area contributed by atoms with Gasteiger partial charge in [0.05, 0.1) is 16.9 Å². The molecule has 21 heavy (non-hydrogen) atoms. The molecular weight excluding hydrogens is 401 g/mol. The average Bonchev–Trinajstić information content (AvgIpc) is 3.11. The number of aryl methyl sites for hydroxylation is 1. The molecule has 0 aliphatic carbocycles. The number of fused-ring (bicyclic) bond motifs is 1. The van der Waals surface area contributed by atoms with Gasteiger partial charge in [-0.3, -0.25) is 4.79 Å². The first-order valence-electron chi connectivity index (χ1n) is 7.17. The second-order valence-corrected chi connectivity index (χ2v) is 6.80. The summed E-state index contributed by atoms with van der Waals surface area (Å²) in [4.78, 5) is 18.7. The summed E-state index contributed by atoms with van der Waals surface area (Å²) >= 11 is 8.28. The van der Waals surface area contributed by atoms with E-state index in [1.54, 1.807) is 0 Å². The fourth-order valence-electron chi connectivity index (χ4n) is 2.84. The number of hydrogen-bond acceptors (Lipinski definition) is 2. The summed E-state index contributed by atoms with van der Waals surface area (Å²) in [5.41, 5.74) is 2.01. The molecule has 1 fully saturated rings. The summed E-state index contributed by atoms with van der Waals surface area (Å²) in [5.74, 6) is 1.44. The van der Waals surface area contributed by atoms with Crippen molar-refractivity contribution < 1.29 is 4.79 Å². The highest BCUT2D eigenvalue weighted by Gasteiger charge is 2.18. The van der Waals surface area contributed by atoms with Gasteiger partial charge >= 0.3 is 0 Å². The lowest BCUT2D eigenvalue weighted by molar-refractivity contribution is -0.130. The van der Waals surface area contributed by atoms with Crippen molar-refractivity contribution in [3.8, 4) is 0 Å². The largest absolute Gasteiger partial charge is 0.343 e. The highest BCUT2D eigenvalue weighted by Crippen LogP contribution is 2.21. The highest BCUT2D eigenvalue weighted by atomic mass is 127. The van der Waals surface area contributed by atoms with Gasteiger partial charge in [0.2, 0.25) is 5.91 Å². The van der Waals surface area contributed by atoms with E-state index in [9.17, 15) is 4.79 Å². The number of alkyl halides is 1. The lowest BCUT2D eigenvalue weighted by Crippen LogP contribution is -2.28. The van der Waals surface area contributed by atoms with Crippen LogP contribution in [-0.4, -0.2) is 33.4 Å². The molecule has 1 aromatic heterocycles. The molecular formula is C15H17ClIN3O. The predicted molar refractivity (Wildman–Crippen MR) is 92.4 cm³/mol. The number of carbonyl (C=O) groups excluding carboxylic acids is 1. The lowest BCUT2D eigenvalue weighted by Gasteiger charge is -2.16. The van der Waals surface area contributed by atoms with E-state index in [2.05, 4.69) is 44.3 Å². The Kier molecular flexibility index (Phi) is 4.69. The fraction of sp³-hybridized carbons (Fsp3) is 0.467. The molecule has 1 saturated heterocycles. The summed E-state index contributed by atoms with van der Waals surface area (Å²) in [6.07, 6.45) is 2.78. The monoisotopic (exact) mass is 417 g/mol. The van der Waals surface area contributed by atoms with Gasteiger partial charge in [-0.25, -0.2) is 4.98 Å². The third-order valence-corrected chi connectivity index (χ3v) is 4.83. The van der Waals surface area contributed by atoms with Crippen molar-refractivity contribution in [1.82, 2.24) is 14.5 Å². The zero-order valence-electron chi connectivity index (χ0n) is 11.7. The molecule has 0 spiro atoms. The molecule has 3 rings (SSSR count). The summed E-state index contributed by atoms with van der Waals surface area (Å²) in [6.45, 7) is 2.46. The quantitative estimate of drug-likeness (QED) is 0.565. The van der Waals surface area contributed by atoms with E-state index in [-0.39, 0.29) is 5.91 Å². The van der Waals surface area contributed by atoms with Gasteiger partial charge in [0.1, 0.15) is 5.82 Å². The number of likely N-dealkylation sites (tertiary alicyclic amines) is 1. The smallest absolute Gasteiger partial charge is 0.224 e. The Morgan fingerprint density at radius 1 is 1.33 bits per heavy atom. The third-order valence-electron chi connectivity index (χ3n) is 3.92. The Hall–Kier alpha value is -0.820. The minimum Gasteiger partial charge on any atom is -0.343 e. The topological polar surface area (TPSA) is 38.1 Å². The molecule has 0 bridgehead atoms. The first-order valence-corrected chi connectivity index (χ1v) is 8.79. The van der Waals surface area contributed by atoms with Gasteiger partial charge in [-0.05, 0) is 53.6 Å². The van der Waals surface area contributed by atoms with Crippen LogP contribution in [0.25, 0.3) is 11.0 Å². The van der Waals surface area contributed by atoms with Gasteiger partial charge in [0, 0.05) is 29.6 Å². The molecule has 1 aliphatic heterocycles. The molecule has 0 saturated carbocycles. The number of rotatable bonds is 4. The van der Waals surface area contributed by atoms with Gasteiger partial charge in [-0.1, -0.05) is 0 Å². The van der Waals surface area contributed by atoms with Crippen LogP contribution in [0.5, 0.6) is 0 Å². The van der Waals surface area contributed by atoms with Crippen LogP contribution >= 0.6 is 34.2 Å². The number of nitrogens with zero attached hydrogens (tertiary/aromatic N) is 3. The van der Waals surface area contributed by atoms with E-state index >= 15 is 0 Å². The van der Waals surface area contributed by atoms with Crippen molar-refractivity contribution in [1.29, 1.82) is 0 Å². The standard InChI is InChI=1S/C15H17ClIN3O/c16-10-14-18-12-9-11(17)3-4-13(12)20(14)8-5-15(21)19-6-1-2-7-19/h3-4,9H,1-2,5-8,10H2. The second-order valence-electron chi connectivity index (χ2n) is 5.28. The van der Waals surface area contributed by atoms with Crippen molar-refractivity contribution >= 4 is 51.1 Å². The Morgan fingerprint density at radius 2 is 2.10 bits per heavy atom. The first kappa shape index (κ1) is 15.1. The summed E-state index contributed by atoms with van der Waals surface area (Å²) < 4.78 is 3.23. The van der Waals surface area contributed by atoms with E-state index in [1.807, 2.05) is 11.0 Å². The zero-order valence-corrected chi connectivity index (χ0v) is 14.6. The van der Waals surface area contributed by atoms with Crippen molar-refractivity contribution in [2.45, 2.75) is 31.7 Å². The SMILES string of the molecule is O=C(CCn1c(CCl)nc2cc(I)ccc21)N1CCCC1. The summed E-state index contributed by atoms with van der Waals surface area (Å²) in [7, 11) is 0. The molecule has 1 aliphatic rings. The maximum atomic E-state index is 12.2. The third kappa shape index (κ3) is 3.18. The van der Waals surface area contributed by atoms with Crippen molar-refractivity contribution in [2.24, 2.45) is 0 Å². The van der Waals surface area contributed by atoms with Crippen molar-refractivity contribution in [2.75, 3.05) is 13.1 Å². The minimum absolute atomic E-state index is 0.236. The minimum atomic E-state index is 0.236. The fourth-order valence-corrected chi connectivity index (χ4v) is 3.52. The van der Waals surface area contributed by atoms with E-state index in [4.69, 9.17) is 11.6 Å². The van der Waals surface area contributed by atoms with Crippen LogP contribution < -0.4 is 0 Å². The highest BCUT2D eigenvalue weighted by molar-refractivity contribution is 14.1. The number of benzene rings is 1. The van der Waals surface area contributed by atoms with Crippen molar-refractivity contribution in [3.05, 3.63) is 27.6 Å². The van der Waals surface area contributed by atoms with Crippen LogP contribution in [-0.2, 0) is 17.2 Å². The van der Waals surface area contributed by atoms with Crippen LogP contribution in [0.4, 0.5) is 0 Å². The van der Waals surface area contributed by atoms with Gasteiger partial charge < -0.3 is 9.47 Å². The van der Waals surface area contributed by atoms with Crippen molar-refractivity contribution in [3.63, 3.8) is 0 Å². The number of halogens is 2. The lowest BCUT2D eigenvalue weighted by atomic mass is 10.3. The number of imidazole rings is 1. The molecule has 0 N–H and O–H groups in total. The zero-order chi connectivity index (χ0) is 14.8. The number of carbonyl (C=O) groups is 1. The van der Waals surface area contributed by atoms with Crippen LogP contribution in [0.1, 0.15) is 25.1 Å². The molecule has 1 aromatic carbocycles.